The van der Waals surface area contributed by atoms with Crippen LogP contribution in [-0.2, 0) is 15.6 Å². The lowest BCUT2D eigenvalue weighted by atomic mass is 9.90. The van der Waals surface area contributed by atoms with Crippen LogP contribution in [0.1, 0.15) is 11.1 Å². The Hall–Kier alpha value is -1.47. The van der Waals surface area contributed by atoms with Crippen molar-refractivity contribution < 1.29 is 13.5 Å². The molecule has 126 valence electrons. The van der Waals surface area contributed by atoms with Gasteiger partial charge in [0, 0.05) is 6.54 Å². The van der Waals surface area contributed by atoms with Crippen molar-refractivity contribution in [3.05, 3.63) is 76.3 Å². The van der Waals surface area contributed by atoms with Crippen molar-refractivity contribution in [1.82, 2.24) is 4.31 Å². The Kier molecular flexibility index (Phi) is 4.66. The normalized spacial score (nSPS) is 23.7. The van der Waals surface area contributed by atoms with Crippen LogP contribution in [0.15, 0.2) is 70.1 Å². The summed E-state index contributed by atoms with van der Waals surface area (Å²) in [6.07, 6.45) is 0. The minimum Gasteiger partial charge on any atom is -0.379 e. The molecule has 24 heavy (non-hydrogen) atoms. The van der Waals surface area contributed by atoms with Gasteiger partial charge in [0.15, 0.2) is 0 Å². The summed E-state index contributed by atoms with van der Waals surface area (Å²) in [5, 5.41) is 11.1. The number of aliphatic hydroxyl groups is 1. The van der Waals surface area contributed by atoms with Crippen LogP contribution < -0.4 is 0 Å². The van der Waals surface area contributed by atoms with Gasteiger partial charge >= 0.3 is 0 Å². The fourth-order valence-corrected chi connectivity index (χ4v) is 4.85. The summed E-state index contributed by atoms with van der Waals surface area (Å²) >= 11 is 3.27. The molecule has 1 atom stereocenters. The maximum Gasteiger partial charge on any atom is 0.243 e. The van der Waals surface area contributed by atoms with E-state index in [1.54, 1.807) is 41.4 Å². The second-order valence-corrected chi connectivity index (χ2v) is 8.34. The van der Waals surface area contributed by atoms with Gasteiger partial charge < -0.3 is 5.11 Å². The molecular weight excluding hydrogens is 390 g/mol. The van der Waals surface area contributed by atoms with Crippen LogP contribution in [0.5, 0.6) is 0 Å². The molecule has 0 aromatic heterocycles. The molecule has 1 N–H and O–H groups in total. The Morgan fingerprint density at radius 1 is 1.12 bits per heavy atom. The molecule has 0 saturated carbocycles. The van der Waals surface area contributed by atoms with Crippen LogP contribution in [0.4, 0.5) is 0 Å². The smallest absolute Gasteiger partial charge is 0.243 e. The van der Waals surface area contributed by atoms with Crippen LogP contribution in [0.3, 0.4) is 0 Å². The lowest BCUT2D eigenvalue weighted by Gasteiger charge is -2.24. The van der Waals surface area contributed by atoms with Gasteiger partial charge in [0.05, 0.1) is 11.4 Å². The van der Waals surface area contributed by atoms with E-state index in [9.17, 15) is 13.5 Å². The molecular formula is C18H18BrNO3S. The van der Waals surface area contributed by atoms with Crippen LogP contribution >= 0.6 is 15.9 Å². The predicted octanol–water partition coefficient (Wildman–Crippen LogP) is 3.17. The van der Waals surface area contributed by atoms with Crippen molar-refractivity contribution >= 4 is 26.0 Å². The third-order valence-electron chi connectivity index (χ3n) is 4.32. The Morgan fingerprint density at radius 3 is 2.33 bits per heavy atom. The number of rotatable bonds is 3. The number of benzene rings is 2. The van der Waals surface area contributed by atoms with Gasteiger partial charge in [-0.1, -0.05) is 64.0 Å². The van der Waals surface area contributed by atoms with E-state index in [0.29, 0.717) is 11.1 Å². The summed E-state index contributed by atoms with van der Waals surface area (Å²) < 4.78 is 27.1. The first kappa shape index (κ1) is 17.4. The third kappa shape index (κ3) is 2.95. The Bertz CT molecular complexity index is 863. The molecule has 1 saturated heterocycles. The van der Waals surface area contributed by atoms with Crippen LogP contribution in [-0.4, -0.2) is 30.9 Å². The highest BCUT2D eigenvalue weighted by Crippen LogP contribution is 2.39. The van der Waals surface area contributed by atoms with Gasteiger partial charge in [-0.05, 0) is 35.2 Å². The van der Waals surface area contributed by atoms with Gasteiger partial charge in [0.1, 0.15) is 5.60 Å². The zero-order valence-electron chi connectivity index (χ0n) is 13.2. The van der Waals surface area contributed by atoms with E-state index >= 15 is 0 Å². The predicted molar refractivity (Wildman–Crippen MR) is 97.3 cm³/mol. The van der Waals surface area contributed by atoms with E-state index in [1.807, 2.05) is 25.1 Å². The quantitative estimate of drug-likeness (QED) is 0.849. The molecule has 0 aliphatic carbocycles. The number of halogens is 1. The lowest BCUT2D eigenvalue weighted by Crippen LogP contribution is -2.34. The molecule has 4 nitrogen and oxygen atoms in total. The van der Waals surface area contributed by atoms with Crippen LogP contribution in [0.25, 0.3) is 0 Å². The number of nitrogens with zero attached hydrogens (tertiary/aromatic N) is 1. The summed E-state index contributed by atoms with van der Waals surface area (Å²) in [7, 11) is -3.67. The summed E-state index contributed by atoms with van der Waals surface area (Å²) in [5.74, 6) is 0. The molecule has 1 aliphatic heterocycles. The monoisotopic (exact) mass is 407 g/mol. The van der Waals surface area contributed by atoms with Crippen molar-refractivity contribution in [2.24, 2.45) is 0 Å². The average Bonchev–Trinajstić information content (AvgIpc) is 2.95. The molecule has 1 aliphatic rings. The van der Waals surface area contributed by atoms with E-state index in [1.165, 1.54) is 4.31 Å². The Morgan fingerprint density at radius 2 is 1.75 bits per heavy atom. The Labute approximate surface area is 150 Å². The van der Waals surface area contributed by atoms with Gasteiger partial charge in [0.2, 0.25) is 10.0 Å². The molecule has 2 aromatic rings. The minimum atomic E-state index is -3.67. The van der Waals surface area contributed by atoms with Gasteiger partial charge in [-0.3, -0.25) is 0 Å². The van der Waals surface area contributed by atoms with Crippen molar-refractivity contribution in [3.63, 3.8) is 0 Å². The maximum absolute atomic E-state index is 12.9. The zero-order chi connectivity index (χ0) is 17.4. The van der Waals surface area contributed by atoms with Gasteiger partial charge in [-0.15, -0.1) is 0 Å². The number of hydrogen-bond donors (Lipinski definition) is 1. The molecule has 0 amide bonds. The first-order chi connectivity index (χ1) is 11.4. The van der Waals surface area contributed by atoms with Crippen molar-refractivity contribution in [3.8, 4) is 0 Å². The number of sulfonamides is 1. The van der Waals surface area contributed by atoms with E-state index in [-0.39, 0.29) is 18.0 Å². The van der Waals surface area contributed by atoms with Crippen molar-refractivity contribution in [1.29, 1.82) is 0 Å². The van der Waals surface area contributed by atoms with E-state index < -0.39 is 15.6 Å². The van der Waals surface area contributed by atoms with Crippen molar-refractivity contribution in [2.45, 2.75) is 17.4 Å². The second kappa shape index (κ2) is 6.44. The highest BCUT2D eigenvalue weighted by Gasteiger charge is 2.46. The topological polar surface area (TPSA) is 57.6 Å². The third-order valence-corrected chi connectivity index (χ3v) is 6.68. The molecule has 0 radical (unpaired) electrons. The van der Waals surface area contributed by atoms with E-state index in [0.717, 1.165) is 5.56 Å². The van der Waals surface area contributed by atoms with Gasteiger partial charge in [-0.2, -0.15) is 4.31 Å². The van der Waals surface area contributed by atoms with Crippen LogP contribution in [0, 0.1) is 6.92 Å². The Balaban J connectivity index is 1.99. The molecule has 6 heteroatoms. The van der Waals surface area contributed by atoms with Gasteiger partial charge in [-0.25, -0.2) is 8.42 Å². The molecule has 1 heterocycles. The largest absolute Gasteiger partial charge is 0.379 e. The standard InChI is InChI=1S/C18H18BrNO3S/c1-14-7-9-17(10-8-14)24(22,23)20-12-16(11-19)18(21,13-20)15-5-3-2-4-6-15/h2-11,21H,12-13H2,1H3/b16-11+/t18-/m1/s1. The molecule has 2 aromatic carbocycles. The lowest BCUT2D eigenvalue weighted by molar-refractivity contribution is 0.0872. The van der Waals surface area contributed by atoms with Crippen LogP contribution in [0.2, 0.25) is 0 Å². The molecule has 0 bridgehead atoms. The summed E-state index contributed by atoms with van der Waals surface area (Å²) in [4.78, 5) is 1.85. The van der Waals surface area contributed by atoms with E-state index in [2.05, 4.69) is 15.9 Å². The molecule has 0 spiro atoms. The zero-order valence-corrected chi connectivity index (χ0v) is 15.6. The molecule has 0 unspecified atom stereocenters. The minimum absolute atomic E-state index is 0.00927. The summed E-state index contributed by atoms with van der Waals surface area (Å²) in [6, 6.07) is 15.9. The first-order valence-electron chi connectivity index (χ1n) is 7.52. The molecule has 3 rings (SSSR count). The number of aryl methyl sites for hydroxylation is 1. The highest BCUT2D eigenvalue weighted by molar-refractivity contribution is 9.11. The fourth-order valence-electron chi connectivity index (χ4n) is 2.88. The van der Waals surface area contributed by atoms with E-state index in [4.69, 9.17) is 0 Å². The average molecular weight is 408 g/mol. The summed E-state index contributed by atoms with van der Waals surface area (Å²) in [5.41, 5.74) is 0.960. The molecule has 1 fully saturated rings. The van der Waals surface area contributed by atoms with Gasteiger partial charge in [0.25, 0.3) is 0 Å². The highest BCUT2D eigenvalue weighted by atomic mass is 79.9. The first-order valence-corrected chi connectivity index (χ1v) is 9.88. The van der Waals surface area contributed by atoms with Crippen molar-refractivity contribution in [2.75, 3.05) is 13.1 Å². The fraction of sp³-hybridized carbons (Fsp3) is 0.222. The second-order valence-electron chi connectivity index (χ2n) is 5.95. The number of hydrogen-bond acceptors (Lipinski definition) is 3. The number of β-amino-alcohol motifs (C(OH)–C–C–N with tert-alkyl or cyclic N) is 1. The maximum atomic E-state index is 12.9. The summed E-state index contributed by atoms with van der Waals surface area (Å²) in [6.45, 7) is 2.05. The SMILES string of the molecule is Cc1ccc(S(=O)(=O)N2C/C(=C\Br)[C@](O)(c3ccccc3)C2)cc1.